The molecule has 0 saturated carbocycles. The Hall–Kier alpha value is -1.11. The van der Waals surface area contributed by atoms with E-state index in [1.54, 1.807) is 0 Å². The maximum atomic E-state index is 12.4. The number of rotatable bonds is 3. The molecule has 0 unspecified atom stereocenters. The first-order valence-corrected chi connectivity index (χ1v) is 4.66. The van der Waals surface area contributed by atoms with E-state index in [0.29, 0.717) is 0 Å². The number of nitrogens with zero attached hydrogens (tertiary/aromatic N) is 2. The molecule has 4 nitrogen and oxygen atoms in total. The van der Waals surface area contributed by atoms with Crippen LogP contribution in [0.2, 0.25) is 0 Å². The molecule has 0 aromatic carbocycles. The van der Waals surface area contributed by atoms with Gasteiger partial charge in [0.15, 0.2) is 0 Å². The van der Waals surface area contributed by atoms with Crippen LogP contribution in [0.4, 0.5) is 14.6 Å². The van der Waals surface area contributed by atoms with Crippen LogP contribution in [0.5, 0.6) is 0 Å². The molecule has 0 saturated heterocycles. The van der Waals surface area contributed by atoms with Crippen molar-refractivity contribution in [3.8, 4) is 0 Å². The average Bonchev–Trinajstić information content (AvgIpc) is 2.16. The Morgan fingerprint density at radius 3 is 2.71 bits per heavy atom. The Bertz CT molecular complexity index is 360. The molecule has 0 bridgehead atoms. The monoisotopic (exact) mass is 266 g/mol. The average molecular weight is 267 g/mol. The van der Waals surface area contributed by atoms with Crippen LogP contribution in [-0.2, 0) is 5.33 Å². The van der Waals surface area contributed by atoms with Gasteiger partial charge in [-0.2, -0.15) is 0 Å². The van der Waals surface area contributed by atoms with Crippen LogP contribution in [0.25, 0.3) is 0 Å². The molecule has 14 heavy (non-hydrogen) atoms. The molecule has 1 rings (SSSR count). The highest BCUT2D eigenvalue weighted by Crippen LogP contribution is 2.29. The Labute approximate surface area is 86.2 Å². The van der Waals surface area contributed by atoms with Gasteiger partial charge >= 0.3 is 5.82 Å². The molecule has 76 valence electrons. The minimum atomic E-state index is -2.73. The van der Waals surface area contributed by atoms with Gasteiger partial charge in [-0.05, 0) is 16.0 Å². The van der Waals surface area contributed by atoms with Crippen molar-refractivity contribution in [1.29, 1.82) is 0 Å². The van der Waals surface area contributed by atoms with E-state index in [1.807, 2.05) is 0 Å². The molecule has 0 aliphatic rings. The summed E-state index contributed by atoms with van der Waals surface area (Å²) in [6.45, 7) is 0. The van der Waals surface area contributed by atoms with Gasteiger partial charge in [0.1, 0.15) is 6.20 Å². The highest BCUT2D eigenvalue weighted by molar-refractivity contribution is 9.08. The van der Waals surface area contributed by atoms with Gasteiger partial charge in [-0.15, -0.1) is 0 Å². The van der Waals surface area contributed by atoms with Crippen molar-refractivity contribution in [2.24, 2.45) is 0 Å². The van der Waals surface area contributed by atoms with Crippen molar-refractivity contribution in [2.75, 3.05) is 0 Å². The first-order chi connectivity index (χ1) is 6.57. The lowest BCUT2D eigenvalue weighted by molar-refractivity contribution is -0.390. The lowest BCUT2D eigenvalue weighted by Gasteiger charge is -2.04. The van der Waals surface area contributed by atoms with E-state index >= 15 is 0 Å². The zero-order valence-electron chi connectivity index (χ0n) is 6.78. The first kappa shape index (κ1) is 11.0. The summed E-state index contributed by atoms with van der Waals surface area (Å²) >= 11 is 2.92. The molecule has 1 aromatic heterocycles. The standard InChI is InChI=1S/C7H5BrF2N2O2/c8-3-5-4(6(9)10)1-2-11-7(5)12(13)14/h1-2,6H,3H2. The minimum Gasteiger partial charge on any atom is -0.358 e. The highest BCUT2D eigenvalue weighted by atomic mass is 79.9. The second-order valence-corrected chi connectivity index (χ2v) is 2.95. The summed E-state index contributed by atoms with van der Waals surface area (Å²) in [5.74, 6) is -0.528. The van der Waals surface area contributed by atoms with E-state index in [1.165, 1.54) is 0 Å². The minimum absolute atomic E-state index is 0.0170. The molecule has 1 heterocycles. The maximum absolute atomic E-state index is 12.4. The SMILES string of the molecule is O=[N+]([O-])c1nccc(C(F)F)c1CBr. The molecule has 0 aliphatic heterocycles. The molecule has 1 aromatic rings. The summed E-state index contributed by atoms with van der Waals surface area (Å²) in [5, 5.41) is 10.4. The lowest BCUT2D eigenvalue weighted by Crippen LogP contribution is -2.01. The molecule has 0 aliphatic carbocycles. The number of aromatic nitrogens is 1. The third-order valence-electron chi connectivity index (χ3n) is 1.61. The Morgan fingerprint density at radius 1 is 1.64 bits per heavy atom. The summed E-state index contributed by atoms with van der Waals surface area (Å²) in [6.07, 6.45) is -1.73. The van der Waals surface area contributed by atoms with Crippen LogP contribution < -0.4 is 0 Å². The van der Waals surface area contributed by atoms with Gasteiger partial charge in [0.2, 0.25) is 0 Å². The fraction of sp³-hybridized carbons (Fsp3) is 0.286. The number of nitro groups is 1. The van der Waals surface area contributed by atoms with Gasteiger partial charge in [0, 0.05) is 10.9 Å². The second-order valence-electron chi connectivity index (χ2n) is 2.39. The fourth-order valence-corrected chi connectivity index (χ4v) is 1.57. The molecule has 0 spiro atoms. The molecule has 7 heteroatoms. The number of hydrogen-bond donors (Lipinski definition) is 0. The van der Waals surface area contributed by atoms with Crippen molar-refractivity contribution < 1.29 is 13.7 Å². The third-order valence-corrected chi connectivity index (χ3v) is 2.17. The van der Waals surface area contributed by atoms with E-state index in [4.69, 9.17) is 0 Å². The summed E-state index contributed by atoms with van der Waals surface area (Å²) in [7, 11) is 0. The normalized spacial score (nSPS) is 10.6. The van der Waals surface area contributed by atoms with Crippen molar-refractivity contribution in [3.63, 3.8) is 0 Å². The summed E-state index contributed by atoms with van der Waals surface area (Å²) in [5.41, 5.74) is -0.434. The Kier molecular flexibility index (Phi) is 3.45. The molecular weight excluding hydrogens is 262 g/mol. The topological polar surface area (TPSA) is 56.0 Å². The van der Waals surface area contributed by atoms with E-state index < -0.39 is 17.2 Å². The summed E-state index contributed by atoms with van der Waals surface area (Å²) in [6, 6.07) is 1.08. The number of pyridine rings is 1. The first-order valence-electron chi connectivity index (χ1n) is 3.54. The van der Waals surface area contributed by atoms with Crippen molar-refractivity contribution in [3.05, 3.63) is 33.5 Å². The fourth-order valence-electron chi connectivity index (χ4n) is 0.994. The number of hydrogen-bond acceptors (Lipinski definition) is 3. The third kappa shape index (κ3) is 2.03. The van der Waals surface area contributed by atoms with Crippen LogP contribution in [0, 0.1) is 10.1 Å². The molecule has 0 radical (unpaired) electrons. The van der Waals surface area contributed by atoms with Crippen LogP contribution in [-0.4, -0.2) is 9.91 Å². The molecule has 0 atom stereocenters. The van der Waals surface area contributed by atoms with E-state index in [2.05, 4.69) is 20.9 Å². The van der Waals surface area contributed by atoms with Gasteiger partial charge < -0.3 is 10.1 Å². The molecular formula is C7H5BrF2N2O2. The van der Waals surface area contributed by atoms with Gasteiger partial charge in [-0.3, -0.25) is 0 Å². The zero-order valence-corrected chi connectivity index (χ0v) is 8.37. The maximum Gasteiger partial charge on any atom is 0.367 e. The van der Waals surface area contributed by atoms with E-state index in [-0.39, 0.29) is 16.5 Å². The zero-order chi connectivity index (χ0) is 10.7. The predicted molar refractivity (Wildman–Crippen MR) is 48.5 cm³/mol. The summed E-state index contributed by atoms with van der Waals surface area (Å²) in [4.78, 5) is 13.1. The summed E-state index contributed by atoms with van der Waals surface area (Å²) < 4.78 is 24.8. The second kappa shape index (κ2) is 4.41. The van der Waals surface area contributed by atoms with Crippen molar-refractivity contribution in [2.45, 2.75) is 11.8 Å². The van der Waals surface area contributed by atoms with E-state index in [0.717, 1.165) is 12.3 Å². The molecule has 0 fully saturated rings. The highest BCUT2D eigenvalue weighted by Gasteiger charge is 2.22. The predicted octanol–water partition coefficient (Wildman–Crippen LogP) is 2.82. The van der Waals surface area contributed by atoms with Gasteiger partial charge in [0.05, 0.1) is 5.56 Å². The van der Waals surface area contributed by atoms with Crippen LogP contribution >= 0.6 is 15.9 Å². The lowest BCUT2D eigenvalue weighted by atomic mass is 10.1. The van der Waals surface area contributed by atoms with Crippen molar-refractivity contribution in [1.82, 2.24) is 4.98 Å². The Balaban J connectivity index is 3.32. The number of halogens is 3. The molecule has 0 amide bonds. The molecule has 0 N–H and O–H groups in total. The quantitative estimate of drug-likeness (QED) is 0.480. The van der Waals surface area contributed by atoms with Crippen molar-refractivity contribution >= 4 is 21.7 Å². The number of alkyl halides is 3. The van der Waals surface area contributed by atoms with Crippen LogP contribution in [0.15, 0.2) is 12.3 Å². The van der Waals surface area contributed by atoms with Gasteiger partial charge in [-0.25, -0.2) is 8.78 Å². The van der Waals surface area contributed by atoms with Crippen LogP contribution in [0.1, 0.15) is 17.6 Å². The van der Waals surface area contributed by atoms with Gasteiger partial charge in [-0.1, -0.05) is 15.9 Å². The largest absolute Gasteiger partial charge is 0.367 e. The van der Waals surface area contributed by atoms with Gasteiger partial charge in [0.25, 0.3) is 6.43 Å². The van der Waals surface area contributed by atoms with Crippen LogP contribution in [0.3, 0.4) is 0 Å². The Morgan fingerprint density at radius 2 is 2.29 bits per heavy atom. The van der Waals surface area contributed by atoms with E-state index in [9.17, 15) is 18.9 Å². The smallest absolute Gasteiger partial charge is 0.358 e.